The Morgan fingerprint density at radius 1 is 0.525 bits per heavy atom. The number of hydrogen-bond acceptors (Lipinski definition) is 6. The van der Waals surface area contributed by atoms with E-state index >= 15 is 0 Å². The van der Waals surface area contributed by atoms with E-state index in [2.05, 4.69) is 0 Å². The van der Waals surface area contributed by atoms with Crippen LogP contribution in [0.25, 0.3) is 0 Å². The van der Waals surface area contributed by atoms with Gasteiger partial charge in [0.1, 0.15) is 24.1 Å². The third-order valence-corrected chi connectivity index (χ3v) is 6.52. The average molecular weight is 543 g/mol. The molecule has 0 bridgehead atoms. The third-order valence-electron chi connectivity index (χ3n) is 6.52. The number of benzene rings is 4. The molecule has 4 aromatic carbocycles. The van der Waals surface area contributed by atoms with Crippen molar-refractivity contribution in [2.45, 2.75) is 44.7 Å². The maximum absolute atomic E-state index is 10.4. The molecular formula is C34H38O6. The summed E-state index contributed by atoms with van der Waals surface area (Å²) in [6, 6.07) is 37.6. The molecule has 0 unspecified atom stereocenters. The highest BCUT2D eigenvalue weighted by Crippen LogP contribution is 2.20. The van der Waals surface area contributed by atoms with Gasteiger partial charge in [0.25, 0.3) is 0 Å². The molecule has 0 saturated carbocycles. The van der Waals surface area contributed by atoms with Gasteiger partial charge in [-0.3, -0.25) is 0 Å². The monoisotopic (exact) mass is 542 g/mol. The van der Waals surface area contributed by atoms with Gasteiger partial charge in [0.05, 0.1) is 46.8 Å². The van der Waals surface area contributed by atoms with Crippen LogP contribution in [0.5, 0.6) is 5.75 Å². The van der Waals surface area contributed by atoms with Crippen LogP contribution in [0, 0.1) is 0 Å². The smallest absolute Gasteiger partial charge is 0.118 e. The van der Waals surface area contributed by atoms with E-state index in [0.29, 0.717) is 26.4 Å². The number of aliphatic hydroxyl groups is 1. The predicted octanol–water partition coefficient (Wildman–Crippen LogP) is 5.96. The summed E-state index contributed by atoms with van der Waals surface area (Å²) in [4.78, 5) is 0. The topological polar surface area (TPSA) is 66.4 Å². The molecule has 0 spiro atoms. The van der Waals surface area contributed by atoms with E-state index in [-0.39, 0.29) is 13.2 Å². The SMILES string of the molecule is COc1ccc(COC[C@H](OCc2ccccc2)[C@H](OCc2ccccc2)[C@@H](CO)OCc2ccccc2)cc1. The molecule has 0 fully saturated rings. The number of methoxy groups -OCH3 is 1. The molecule has 0 aliphatic carbocycles. The summed E-state index contributed by atoms with van der Waals surface area (Å²) in [6.07, 6.45) is -1.72. The van der Waals surface area contributed by atoms with Crippen LogP contribution in [0.3, 0.4) is 0 Å². The second-order valence-electron chi connectivity index (χ2n) is 9.48. The van der Waals surface area contributed by atoms with E-state index in [1.165, 1.54) is 0 Å². The molecule has 0 saturated heterocycles. The molecular weight excluding hydrogens is 504 g/mol. The highest BCUT2D eigenvalue weighted by atomic mass is 16.6. The fourth-order valence-corrected chi connectivity index (χ4v) is 4.28. The molecule has 1 N–H and O–H groups in total. The lowest BCUT2D eigenvalue weighted by atomic mass is 10.1. The molecule has 0 amide bonds. The van der Waals surface area contributed by atoms with Crippen molar-refractivity contribution >= 4 is 0 Å². The zero-order valence-electron chi connectivity index (χ0n) is 22.9. The van der Waals surface area contributed by atoms with Crippen molar-refractivity contribution < 1.29 is 28.8 Å². The number of hydrogen-bond donors (Lipinski definition) is 1. The Bertz CT molecular complexity index is 1200. The third kappa shape index (κ3) is 9.59. The molecule has 3 atom stereocenters. The van der Waals surface area contributed by atoms with E-state index < -0.39 is 18.3 Å². The lowest BCUT2D eigenvalue weighted by Crippen LogP contribution is -2.46. The first-order chi connectivity index (χ1) is 19.7. The maximum Gasteiger partial charge on any atom is 0.118 e. The summed E-state index contributed by atoms with van der Waals surface area (Å²) in [7, 11) is 1.65. The van der Waals surface area contributed by atoms with Gasteiger partial charge in [0, 0.05) is 0 Å². The molecule has 0 aliphatic heterocycles. The van der Waals surface area contributed by atoms with Gasteiger partial charge in [0.15, 0.2) is 0 Å². The maximum atomic E-state index is 10.4. The van der Waals surface area contributed by atoms with Crippen molar-refractivity contribution in [3.05, 3.63) is 138 Å². The number of ether oxygens (including phenoxy) is 5. The average Bonchev–Trinajstić information content (AvgIpc) is 3.02. The summed E-state index contributed by atoms with van der Waals surface area (Å²) in [5.41, 5.74) is 4.09. The van der Waals surface area contributed by atoms with Crippen molar-refractivity contribution in [1.29, 1.82) is 0 Å². The molecule has 0 aromatic heterocycles. The van der Waals surface area contributed by atoms with E-state index in [1.54, 1.807) is 7.11 Å². The van der Waals surface area contributed by atoms with Gasteiger partial charge in [-0.15, -0.1) is 0 Å². The quantitative estimate of drug-likeness (QED) is 0.178. The van der Waals surface area contributed by atoms with E-state index in [4.69, 9.17) is 23.7 Å². The summed E-state index contributed by atoms with van der Waals surface area (Å²) in [5, 5.41) is 10.4. The van der Waals surface area contributed by atoms with Crippen molar-refractivity contribution in [2.75, 3.05) is 20.3 Å². The normalized spacial score (nSPS) is 13.4. The zero-order valence-corrected chi connectivity index (χ0v) is 22.9. The molecule has 40 heavy (non-hydrogen) atoms. The van der Waals surface area contributed by atoms with E-state index in [9.17, 15) is 5.11 Å². The standard InChI is InChI=1S/C34H38O6/c1-36-31-19-17-30(18-20-31)22-37-26-33(39-24-28-13-7-3-8-14-28)34(40-25-29-15-9-4-10-16-29)32(21-35)38-23-27-11-5-2-6-12-27/h2-20,32-35H,21-26H2,1H3/t32-,33+,34-/m1/s1. The minimum atomic E-state index is -0.630. The largest absolute Gasteiger partial charge is 0.497 e. The van der Waals surface area contributed by atoms with Crippen LogP contribution < -0.4 is 4.74 Å². The number of aliphatic hydroxyl groups excluding tert-OH is 1. The fraction of sp³-hybridized carbons (Fsp3) is 0.294. The van der Waals surface area contributed by atoms with Crippen LogP contribution in [-0.2, 0) is 45.4 Å². The Balaban J connectivity index is 1.51. The van der Waals surface area contributed by atoms with Gasteiger partial charge in [-0.1, -0.05) is 103 Å². The molecule has 6 nitrogen and oxygen atoms in total. The van der Waals surface area contributed by atoms with Crippen molar-refractivity contribution in [1.82, 2.24) is 0 Å². The van der Waals surface area contributed by atoms with Crippen molar-refractivity contribution in [3.63, 3.8) is 0 Å². The van der Waals surface area contributed by atoms with Crippen LogP contribution in [0.2, 0.25) is 0 Å². The van der Waals surface area contributed by atoms with Crippen LogP contribution in [-0.4, -0.2) is 43.7 Å². The Hall–Kier alpha value is -3.52. The molecule has 210 valence electrons. The first kappa shape index (κ1) is 29.5. The minimum Gasteiger partial charge on any atom is -0.497 e. The first-order valence-electron chi connectivity index (χ1n) is 13.5. The Morgan fingerprint density at radius 2 is 0.975 bits per heavy atom. The molecule has 4 rings (SSSR count). The summed E-state index contributed by atoms with van der Waals surface area (Å²) in [5.74, 6) is 0.795. The minimum absolute atomic E-state index is 0.226. The van der Waals surface area contributed by atoms with Crippen LogP contribution in [0.4, 0.5) is 0 Å². The second kappa shape index (κ2) is 16.6. The van der Waals surface area contributed by atoms with Gasteiger partial charge in [-0.05, 0) is 34.4 Å². The summed E-state index contributed by atoms with van der Waals surface area (Å²) in [6.45, 7) is 1.49. The van der Waals surface area contributed by atoms with E-state index in [0.717, 1.165) is 28.0 Å². The summed E-state index contributed by atoms with van der Waals surface area (Å²) >= 11 is 0. The van der Waals surface area contributed by atoms with Crippen LogP contribution >= 0.6 is 0 Å². The van der Waals surface area contributed by atoms with Gasteiger partial charge in [-0.2, -0.15) is 0 Å². The van der Waals surface area contributed by atoms with Crippen LogP contribution in [0.1, 0.15) is 22.3 Å². The predicted molar refractivity (Wildman–Crippen MR) is 155 cm³/mol. The van der Waals surface area contributed by atoms with E-state index in [1.807, 2.05) is 115 Å². The lowest BCUT2D eigenvalue weighted by Gasteiger charge is -2.33. The van der Waals surface area contributed by atoms with Crippen molar-refractivity contribution in [2.24, 2.45) is 0 Å². The van der Waals surface area contributed by atoms with Gasteiger partial charge in [-0.25, -0.2) is 0 Å². The highest BCUT2D eigenvalue weighted by molar-refractivity contribution is 5.26. The zero-order chi connectivity index (χ0) is 27.8. The molecule has 6 heteroatoms. The van der Waals surface area contributed by atoms with Crippen LogP contribution in [0.15, 0.2) is 115 Å². The second-order valence-corrected chi connectivity index (χ2v) is 9.48. The Kier molecular flexibility index (Phi) is 12.2. The van der Waals surface area contributed by atoms with Gasteiger partial charge in [0.2, 0.25) is 0 Å². The lowest BCUT2D eigenvalue weighted by molar-refractivity contribution is -0.176. The molecule has 4 aromatic rings. The van der Waals surface area contributed by atoms with Gasteiger partial charge < -0.3 is 28.8 Å². The van der Waals surface area contributed by atoms with Gasteiger partial charge >= 0.3 is 0 Å². The molecule has 0 radical (unpaired) electrons. The fourth-order valence-electron chi connectivity index (χ4n) is 4.28. The number of rotatable bonds is 17. The van der Waals surface area contributed by atoms with Crippen molar-refractivity contribution in [3.8, 4) is 5.75 Å². The Morgan fingerprint density at radius 3 is 1.45 bits per heavy atom. The Labute approximate surface area is 237 Å². The molecule has 0 aliphatic rings. The first-order valence-corrected chi connectivity index (χ1v) is 13.5. The highest BCUT2D eigenvalue weighted by Gasteiger charge is 2.32. The summed E-state index contributed by atoms with van der Waals surface area (Å²) < 4.78 is 30.5. The molecule has 0 heterocycles.